The third-order valence-corrected chi connectivity index (χ3v) is 1.58. The van der Waals surface area contributed by atoms with Crippen molar-refractivity contribution in [3.63, 3.8) is 0 Å². The summed E-state index contributed by atoms with van der Waals surface area (Å²) in [5.74, 6) is -1.33. The first-order valence-corrected chi connectivity index (χ1v) is 3.66. The van der Waals surface area contributed by atoms with Crippen LogP contribution in [0.5, 0.6) is 0 Å². The quantitative estimate of drug-likeness (QED) is 0.625. The second-order valence-electron chi connectivity index (χ2n) is 2.51. The van der Waals surface area contributed by atoms with E-state index in [9.17, 15) is 17.6 Å². The lowest BCUT2D eigenvalue weighted by Crippen LogP contribution is -2.09. The zero-order chi connectivity index (χ0) is 10.1. The first kappa shape index (κ1) is 9.95. The summed E-state index contributed by atoms with van der Waals surface area (Å²) in [7, 11) is 0. The van der Waals surface area contributed by atoms with Crippen molar-refractivity contribution in [2.24, 2.45) is 0 Å². The lowest BCUT2D eigenvalue weighted by molar-refractivity contribution is -0.140. The molecule has 0 N–H and O–H groups in total. The van der Waals surface area contributed by atoms with Gasteiger partial charge in [0, 0.05) is 5.69 Å². The molecule has 0 spiro atoms. The molecule has 0 unspecified atom stereocenters. The molecule has 1 rings (SSSR count). The molecule has 1 aromatic rings. The van der Waals surface area contributed by atoms with Crippen LogP contribution in [-0.4, -0.2) is 4.98 Å². The van der Waals surface area contributed by atoms with Crippen molar-refractivity contribution in [3.8, 4) is 0 Å². The number of alkyl halides is 3. The molecule has 0 radical (unpaired) electrons. The van der Waals surface area contributed by atoms with Gasteiger partial charge in [-0.25, -0.2) is 4.39 Å². The van der Waals surface area contributed by atoms with E-state index in [1.54, 1.807) is 6.92 Å². The van der Waals surface area contributed by atoms with Gasteiger partial charge in [-0.05, 0) is 12.5 Å². The van der Waals surface area contributed by atoms with E-state index in [1.165, 1.54) is 0 Å². The Kier molecular flexibility index (Phi) is 2.54. The van der Waals surface area contributed by atoms with Gasteiger partial charge in [0.25, 0.3) is 0 Å². The van der Waals surface area contributed by atoms with Crippen LogP contribution in [0.4, 0.5) is 17.6 Å². The van der Waals surface area contributed by atoms with E-state index >= 15 is 0 Å². The third-order valence-electron chi connectivity index (χ3n) is 1.58. The molecule has 0 saturated heterocycles. The van der Waals surface area contributed by atoms with Crippen molar-refractivity contribution in [1.29, 1.82) is 0 Å². The van der Waals surface area contributed by atoms with Gasteiger partial charge in [-0.2, -0.15) is 13.2 Å². The van der Waals surface area contributed by atoms with E-state index in [1.807, 2.05) is 0 Å². The maximum absolute atomic E-state index is 12.6. The smallest absolute Gasteiger partial charge is 0.258 e. The van der Waals surface area contributed by atoms with Crippen LogP contribution in [0, 0.1) is 5.82 Å². The molecular formula is C8H7F4N. The van der Waals surface area contributed by atoms with Crippen LogP contribution in [0.1, 0.15) is 18.2 Å². The average Bonchev–Trinajstić information content (AvgIpc) is 2.03. The third kappa shape index (κ3) is 2.17. The Bertz CT molecular complexity index is 306. The van der Waals surface area contributed by atoms with Crippen LogP contribution in [-0.2, 0) is 12.6 Å². The molecule has 1 aromatic heterocycles. The molecule has 0 bridgehead atoms. The van der Waals surface area contributed by atoms with E-state index in [2.05, 4.69) is 4.98 Å². The summed E-state index contributed by atoms with van der Waals surface area (Å²) >= 11 is 0. The van der Waals surface area contributed by atoms with E-state index in [0.717, 1.165) is 6.07 Å². The normalized spacial score (nSPS) is 11.8. The van der Waals surface area contributed by atoms with Crippen molar-refractivity contribution < 1.29 is 17.6 Å². The molecule has 72 valence electrons. The van der Waals surface area contributed by atoms with Crippen LogP contribution in [0.2, 0.25) is 0 Å². The van der Waals surface area contributed by atoms with Crippen LogP contribution in [0.25, 0.3) is 0 Å². The first-order valence-electron chi connectivity index (χ1n) is 3.66. The molecule has 1 nitrogen and oxygen atoms in total. The summed E-state index contributed by atoms with van der Waals surface area (Å²) in [6, 6.07) is 0.731. The van der Waals surface area contributed by atoms with Crippen LogP contribution in [0.15, 0.2) is 12.3 Å². The Balaban J connectivity index is 3.19. The van der Waals surface area contributed by atoms with E-state index < -0.39 is 17.6 Å². The molecule has 1 heterocycles. The fourth-order valence-electron chi connectivity index (χ4n) is 0.893. The Labute approximate surface area is 72.4 Å². The standard InChI is InChI=1S/C8H7F4N/c1-2-5-3-6(8(10,11)12)7(9)4-13-5/h3-4H,2H2,1H3. The molecular weight excluding hydrogens is 186 g/mol. The molecule has 0 amide bonds. The second-order valence-corrected chi connectivity index (χ2v) is 2.51. The Morgan fingerprint density at radius 3 is 2.46 bits per heavy atom. The number of hydrogen-bond donors (Lipinski definition) is 0. The van der Waals surface area contributed by atoms with Crippen molar-refractivity contribution in [3.05, 3.63) is 29.3 Å². The summed E-state index contributed by atoms with van der Waals surface area (Å²) in [6.07, 6.45) is -3.69. The van der Waals surface area contributed by atoms with Gasteiger partial charge in [0.2, 0.25) is 0 Å². The predicted molar refractivity (Wildman–Crippen MR) is 38.6 cm³/mol. The second kappa shape index (κ2) is 3.32. The maximum atomic E-state index is 12.6. The van der Waals surface area contributed by atoms with Gasteiger partial charge in [0.1, 0.15) is 0 Å². The molecule has 0 aliphatic rings. The van der Waals surface area contributed by atoms with Gasteiger partial charge in [-0.1, -0.05) is 6.92 Å². The SMILES string of the molecule is CCc1cc(C(F)(F)F)c(F)cn1. The van der Waals surface area contributed by atoms with Gasteiger partial charge in [0.05, 0.1) is 11.8 Å². The number of nitrogens with zero attached hydrogens (tertiary/aromatic N) is 1. The summed E-state index contributed by atoms with van der Waals surface area (Å²) in [5, 5.41) is 0. The molecule has 0 aliphatic carbocycles. The average molecular weight is 193 g/mol. The number of pyridine rings is 1. The minimum atomic E-state index is -4.64. The van der Waals surface area contributed by atoms with Gasteiger partial charge in [0.15, 0.2) is 5.82 Å². The molecule has 0 aliphatic heterocycles. The zero-order valence-corrected chi connectivity index (χ0v) is 6.82. The summed E-state index contributed by atoms with van der Waals surface area (Å²) in [5.41, 5.74) is -1.02. The van der Waals surface area contributed by atoms with Gasteiger partial charge in [-0.15, -0.1) is 0 Å². The van der Waals surface area contributed by atoms with Crippen molar-refractivity contribution >= 4 is 0 Å². The van der Waals surface area contributed by atoms with Gasteiger partial charge < -0.3 is 0 Å². The number of rotatable bonds is 1. The highest BCUT2D eigenvalue weighted by Crippen LogP contribution is 2.31. The molecule has 0 atom stereocenters. The highest BCUT2D eigenvalue weighted by molar-refractivity contribution is 5.21. The van der Waals surface area contributed by atoms with Crippen molar-refractivity contribution in [2.75, 3.05) is 0 Å². The van der Waals surface area contributed by atoms with Crippen LogP contribution >= 0.6 is 0 Å². The first-order chi connectivity index (χ1) is 5.95. The zero-order valence-electron chi connectivity index (χ0n) is 6.82. The minimum absolute atomic E-state index is 0.230. The highest BCUT2D eigenvalue weighted by atomic mass is 19.4. The van der Waals surface area contributed by atoms with Crippen LogP contribution < -0.4 is 0 Å². The molecule has 5 heteroatoms. The summed E-state index contributed by atoms with van der Waals surface area (Å²) < 4.78 is 48.9. The Morgan fingerprint density at radius 1 is 1.38 bits per heavy atom. The monoisotopic (exact) mass is 193 g/mol. The number of aromatic nitrogens is 1. The van der Waals surface area contributed by atoms with Crippen molar-refractivity contribution in [2.45, 2.75) is 19.5 Å². The predicted octanol–water partition coefficient (Wildman–Crippen LogP) is 2.80. The molecule has 0 aromatic carbocycles. The van der Waals surface area contributed by atoms with E-state index in [-0.39, 0.29) is 5.69 Å². The molecule has 13 heavy (non-hydrogen) atoms. The molecule has 0 fully saturated rings. The van der Waals surface area contributed by atoms with E-state index in [4.69, 9.17) is 0 Å². The van der Waals surface area contributed by atoms with Crippen molar-refractivity contribution in [1.82, 2.24) is 4.98 Å². The number of hydrogen-bond acceptors (Lipinski definition) is 1. The molecule has 0 saturated carbocycles. The fraction of sp³-hybridized carbons (Fsp3) is 0.375. The minimum Gasteiger partial charge on any atom is -0.258 e. The van der Waals surface area contributed by atoms with Gasteiger partial charge >= 0.3 is 6.18 Å². The highest BCUT2D eigenvalue weighted by Gasteiger charge is 2.34. The fourth-order valence-corrected chi connectivity index (χ4v) is 0.893. The largest absolute Gasteiger partial charge is 0.419 e. The van der Waals surface area contributed by atoms with Crippen LogP contribution in [0.3, 0.4) is 0 Å². The van der Waals surface area contributed by atoms with Gasteiger partial charge in [-0.3, -0.25) is 4.98 Å². The number of halogens is 4. The topological polar surface area (TPSA) is 12.9 Å². The lowest BCUT2D eigenvalue weighted by atomic mass is 10.2. The maximum Gasteiger partial charge on any atom is 0.419 e. The Hall–Kier alpha value is -1.13. The summed E-state index contributed by atoms with van der Waals surface area (Å²) in [4.78, 5) is 3.50. The van der Waals surface area contributed by atoms with E-state index in [0.29, 0.717) is 12.6 Å². The Morgan fingerprint density at radius 2 is 2.00 bits per heavy atom. The summed E-state index contributed by atoms with van der Waals surface area (Å²) in [6.45, 7) is 1.65. The number of aryl methyl sites for hydroxylation is 1. The lowest BCUT2D eigenvalue weighted by Gasteiger charge is -2.08.